The van der Waals surface area contributed by atoms with Gasteiger partial charge < -0.3 is 21.9 Å². The van der Waals surface area contributed by atoms with Gasteiger partial charge in [-0.25, -0.2) is 0 Å². The molecule has 0 radical (unpaired) electrons. The second-order valence-corrected chi connectivity index (χ2v) is 2.26. The van der Waals surface area contributed by atoms with Gasteiger partial charge in [-0.2, -0.15) is 0 Å². The van der Waals surface area contributed by atoms with Crippen molar-refractivity contribution in [3.8, 4) is 0 Å². The highest BCUT2D eigenvalue weighted by Crippen LogP contribution is 1.90. The van der Waals surface area contributed by atoms with Crippen molar-refractivity contribution in [3.05, 3.63) is 23.1 Å². The fourth-order valence-corrected chi connectivity index (χ4v) is 0.492. The van der Waals surface area contributed by atoms with Gasteiger partial charge in [-0.3, -0.25) is 0 Å². The quantitative estimate of drug-likeness (QED) is 0.342. The van der Waals surface area contributed by atoms with Crippen LogP contribution in [0.1, 0.15) is 0 Å². The molecule has 0 aliphatic carbocycles. The molecular formula is C6H12ClN3O. The molecule has 0 unspecified atom stereocenters. The van der Waals surface area contributed by atoms with Crippen molar-refractivity contribution in [1.29, 1.82) is 0 Å². The van der Waals surface area contributed by atoms with Crippen molar-refractivity contribution in [2.24, 2.45) is 11.5 Å². The Kier molecular flexibility index (Phi) is 5.42. The predicted molar refractivity (Wildman–Crippen MR) is 45.5 cm³/mol. The summed E-state index contributed by atoms with van der Waals surface area (Å²) in [5, 5.41) is 11.3. The third-order valence-electron chi connectivity index (χ3n) is 0.863. The van der Waals surface area contributed by atoms with Gasteiger partial charge in [0, 0.05) is 6.54 Å². The maximum absolute atomic E-state index is 8.38. The highest BCUT2D eigenvalue weighted by Gasteiger charge is 1.84. The van der Waals surface area contributed by atoms with Crippen LogP contribution < -0.4 is 16.8 Å². The zero-order valence-corrected chi connectivity index (χ0v) is 6.80. The van der Waals surface area contributed by atoms with Gasteiger partial charge in [0.15, 0.2) is 0 Å². The van der Waals surface area contributed by atoms with Gasteiger partial charge in [-0.1, -0.05) is 11.6 Å². The highest BCUT2D eigenvalue weighted by molar-refractivity contribution is 6.29. The van der Waals surface area contributed by atoms with Crippen LogP contribution in [0.15, 0.2) is 23.1 Å². The summed E-state index contributed by atoms with van der Waals surface area (Å²) in [6, 6.07) is 0. The molecule has 0 aromatic heterocycles. The van der Waals surface area contributed by atoms with Crippen LogP contribution in [0.3, 0.4) is 0 Å². The van der Waals surface area contributed by atoms with Gasteiger partial charge in [0.25, 0.3) is 0 Å². The summed E-state index contributed by atoms with van der Waals surface area (Å²) in [7, 11) is 0. The fraction of sp³-hybridized carbons (Fsp3) is 0.333. The van der Waals surface area contributed by atoms with E-state index in [0.717, 1.165) is 0 Å². The van der Waals surface area contributed by atoms with Crippen molar-refractivity contribution in [2.45, 2.75) is 0 Å². The van der Waals surface area contributed by atoms with Crippen molar-refractivity contribution >= 4 is 11.6 Å². The number of halogens is 1. The molecule has 0 aromatic carbocycles. The van der Waals surface area contributed by atoms with E-state index >= 15 is 0 Å². The number of nitrogens with two attached hydrogens (primary N) is 2. The van der Waals surface area contributed by atoms with Crippen LogP contribution in [0.5, 0.6) is 0 Å². The summed E-state index contributed by atoms with van der Waals surface area (Å²) >= 11 is 5.32. The van der Waals surface area contributed by atoms with E-state index < -0.39 is 0 Å². The molecule has 0 heterocycles. The lowest BCUT2D eigenvalue weighted by Gasteiger charge is -2.01. The van der Waals surface area contributed by atoms with E-state index in [4.69, 9.17) is 28.2 Å². The van der Waals surface area contributed by atoms with E-state index in [1.165, 1.54) is 12.2 Å². The van der Waals surface area contributed by atoms with Crippen LogP contribution in [0.4, 0.5) is 0 Å². The number of nitrogens with one attached hydrogen (secondary N) is 1. The van der Waals surface area contributed by atoms with Gasteiger partial charge in [-0.05, 0) is 12.2 Å². The lowest BCUT2D eigenvalue weighted by atomic mass is 10.5. The van der Waals surface area contributed by atoms with Crippen LogP contribution in [-0.2, 0) is 0 Å². The second-order valence-electron chi connectivity index (χ2n) is 1.82. The first kappa shape index (κ1) is 10.1. The maximum Gasteiger partial charge on any atom is 0.0993 e. The average Bonchev–Trinajstić information content (AvgIpc) is 1.97. The maximum atomic E-state index is 8.38. The molecule has 0 aliphatic rings. The van der Waals surface area contributed by atoms with Gasteiger partial charge >= 0.3 is 0 Å². The Morgan fingerprint density at radius 3 is 2.55 bits per heavy atom. The highest BCUT2D eigenvalue weighted by atomic mass is 35.5. The number of hydrogen-bond donors (Lipinski definition) is 4. The van der Waals surface area contributed by atoms with Crippen molar-refractivity contribution in [3.63, 3.8) is 0 Å². The molecule has 4 nitrogen and oxygen atoms in total. The summed E-state index contributed by atoms with van der Waals surface area (Å²) in [5.41, 5.74) is 10.5. The molecule has 11 heavy (non-hydrogen) atoms. The summed E-state index contributed by atoms with van der Waals surface area (Å²) in [6.07, 6.45) is 2.99. The monoisotopic (exact) mass is 177 g/mol. The molecule has 0 bridgehead atoms. The van der Waals surface area contributed by atoms with Gasteiger partial charge in [-0.15, -0.1) is 0 Å². The minimum atomic E-state index is 0.0363. The molecule has 6 N–H and O–H groups in total. The third-order valence-corrected chi connectivity index (χ3v) is 0.989. The molecule has 0 rings (SSSR count). The number of hydrogen-bond acceptors (Lipinski definition) is 4. The van der Waals surface area contributed by atoms with Crippen LogP contribution in [0.2, 0.25) is 0 Å². The first-order valence-corrected chi connectivity index (χ1v) is 3.47. The van der Waals surface area contributed by atoms with E-state index in [2.05, 4.69) is 5.32 Å². The second kappa shape index (κ2) is 5.88. The minimum Gasteiger partial charge on any atom is -0.395 e. The van der Waals surface area contributed by atoms with E-state index in [0.29, 0.717) is 12.4 Å². The molecule has 0 saturated carbocycles. The molecule has 0 saturated heterocycles. The topological polar surface area (TPSA) is 84.3 Å². The molecule has 0 fully saturated rings. The Labute approximate surface area is 70.5 Å². The first-order chi connectivity index (χ1) is 5.16. The third kappa shape index (κ3) is 7.02. The molecular weight excluding hydrogens is 166 g/mol. The number of rotatable bonds is 4. The Morgan fingerprint density at radius 2 is 2.09 bits per heavy atom. The number of allylic oxidation sites excluding steroid dienone is 2. The normalized spacial score (nSPS) is 13.3. The zero-order valence-electron chi connectivity index (χ0n) is 6.05. The summed E-state index contributed by atoms with van der Waals surface area (Å²) in [5.74, 6) is 0.419. The van der Waals surface area contributed by atoms with Crippen LogP contribution in [0.25, 0.3) is 0 Å². The molecule has 0 aromatic rings. The molecule has 0 atom stereocenters. The summed E-state index contributed by atoms with van der Waals surface area (Å²) in [4.78, 5) is 0. The molecule has 0 amide bonds. The Bertz CT molecular complexity index is 163. The van der Waals surface area contributed by atoms with Crippen molar-refractivity contribution in [1.82, 2.24) is 5.32 Å². The van der Waals surface area contributed by atoms with Gasteiger partial charge in [0.1, 0.15) is 0 Å². The van der Waals surface area contributed by atoms with E-state index in [-0.39, 0.29) is 11.8 Å². The minimum absolute atomic E-state index is 0.0363. The van der Waals surface area contributed by atoms with Crippen LogP contribution in [-0.4, -0.2) is 18.3 Å². The number of aliphatic hydroxyl groups is 1. The van der Waals surface area contributed by atoms with Crippen molar-refractivity contribution in [2.75, 3.05) is 13.2 Å². The Balaban J connectivity index is 3.72. The van der Waals surface area contributed by atoms with E-state index in [9.17, 15) is 0 Å². The smallest absolute Gasteiger partial charge is 0.0993 e. The van der Waals surface area contributed by atoms with Gasteiger partial charge in [0.05, 0.1) is 17.6 Å². The SMILES string of the molecule is N/C(Cl)=C\C=C(/N)NCCO. The standard InChI is InChI=1S/C6H12ClN3O/c7-5(8)1-2-6(9)10-3-4-11/h1-2,10-11H,3-4,8-9H2/b5-1-,6-2+. The lowest BCUT2D eigenvalue weighted by Crippen LogP contribution is -2.22. The molecule has 64 valence electrons. The Morgan fingerprint density at radius 1 is 1.45 bits per heavy atom. The average molecular weight is 178 g/mol. The van der Waals surface area contributed by atoms with Crippen LogP contribution in [0, 0.1) is 0 Å². The summed E-state index contributed by atoms with van der Waals surface area (Å²) < 4.78 is 0. The Hall–Kier alpha value is -0.870. The van der Waals surface area contributed by atoms with Crippen LogP contribution >= 0.6 is 11.6 Å². The zero-order chi connectivity index (χ0) is 8.69. The van der Waals surface area contributed by atoms with Gasteiger partial charge in [0.2, 0.25) is 0 Å². The molecule has 5 heteroatoms. The number of aliphatic hydroxyl groups excluding tert-OH is 1. The van der Waals surface area contributed by atoms with E-state index in [1.54, 1.807) is 0 Å². The fourth-order valence-electron chi connectivity index (χ4n) is 0.429. The predicted octanol–water partition coefficient (Wildman–Crippen LogP) is -0.593. The molecule has 0 aliphatic heterocycles. The largest absolute Gasteiger partial charge is 0.395 e. The first-order valence-electron chi connectivity index (χ1n) is 3.10. The van der Waals surface area contributed by atoms with Crippen molar-refractivity contribution < 1.29 is 5.11 Å². The van der Waals surface area contributed by atoms with E-state index in [1.807, 2.05) is 0 Å². The molecule has 0 spiro atoms. The lowest BCUT2D eigenvalue weighted by molar-refractivity contribution is 0.297. The summed E-state index contributed by atoms with van der Waals surface area (Å²) in [6.45, 7) is 0.451.